The van der Waals surface area contributed by atoms with Gasteiger partial charge in [-0.25, -0.2) is 0 Å². The summed E-state index contributed by atoms with van der Waals surface area (Å²) >= 11 is 1.40. The molecule has 0 bridgehead atoms. The Bertz CT molecular complexity index is 532. The summed E-state index contributed by atoms with van der Waals surface area (Å²) in [5, 5.41) is 2.50. The molecule has 0 spiro atoms. The molecule has 0 aliphatic heterocycles. The van der Waals surface area contributed by atoms with E-state index < -0.39 is 0 Å². The number of nitrogens with zero attached hydrogens (tertiary/aromatic N) is 1. The van der Waals surface area contributed by atoms with Crippen molar-refractivity contribution in [2.45, 2.75) is 0 Å². The lowest BCUT2D eigenvalue weighted by molar-refractivity contribution is 0.0830. The number of hydrogen-bond acceptors (Lipinski definition) is 3. The second-order valence-corrected chi connectivity index (χ2v) is 4.87. The van der Waals surface area contributed by atoms with Crippen LogP contribution in [-0.2, 0) is 0 Å². The van der Waals surface area contributed by atoms with Crippen molar-refractivity contribution in [3.8, 4) is 11.1 Å². The second kappa shape index (κ2) is 4.59. The lowest BCUT2D eigenvalue weighted by atomic mass is 10.0. The summed E-state index contributed by atoms with van der Waals surface area (Å²) in [6, 6.07) is 9.81. The van der Waals surface area contributed by atoms with Crippen LogP contribution < -0.4 is 5.73 Å². The fraction of sp³-hybridized carbons (Fsp3) is 0.154. The Morgan fingerprint density at radius 1 is 1.24 bits per heavy atom. The minimum Gasteiger partial charge on any atom is -0.390 e. The normalized spacial score (nSPS) is 10.2. The van der Waals surface area contributed by atoms with Crippen molar-refractivity contribution in [2.75, 3.05) is 19.8 Å². The van der Waals surface area contributed by atoms with E-state index in [9.17, 15) is 4.79 Å². The molecule has 2 N–H and O–H groups in total. The van der Waals surface area contributed by atoms with Crippen LogP contribution >= 0.6 is 11.3 Å². The molecule has 0 unspecified atom stereocenters. The van der Waals surface area contributed by atoms with Gasteiger partial charge in [-0.3, -0.25) is 4.79 Å². The number of benzene rings is 1. The molecular weight excluding hydrogens is 232 g/mol. The molecule has 0 fully saturated rings. The Morgan fingerprint density at radius 2 is 1.88 bits per heavy atom. The SMILES string of the molecule is CN(C)C(=O)c1c(-c2ccccc2)csc1N. The van der Waals surface area contributed by atoms with Crippen LogP contribution in [0.5, 0.6) is 0 Å². The Balaban J connectivity index is 2.54. The molecule has 0 aliphatic rings. The van der Waals surface area contributed by atoms with E-state index in [1.165, 1.54) is 11.3 Å². The third kappa shape index (κ3) is 2.17. The average Bonchev–Trinajstić information content (AvgIpc) is 2.71. The highest BCUT2D eigenvalue weighted by molar-refractivity contribution is 7.15. The molecule has 0 saturated heterocycles. The summed E-state index contributed by atoms with van der Waals surface area (Å²) in [5.41, 5.74) is 8.42. The largest absolute Gasteiger partial charge is 0.390 e. The fourth-order valence-electron chi connectivity index (χ4n) is 1.65. The van der Waals surface area contributed by atoms with Gasteiger partial charge < -0.3 is 10.6 Å². The molecule has 3 nitrogen and oxygen atoms in total. The van der Waals surface area contributed by atoms with Gasteiger partial charge in [-0.05, 0) is 5.56 Å². The molecule has 1 amide bonds. The van der Waals surface area contributed by atoms with Crippen LogP contribution in [0, 0.1) is 0 Å². The lowest BCUT2D eigenvalue weighted by Gasteiger charge is -2.12. The Kier molecular flexibility index (Phi) is 3.15. The smallest absolute Gasteiger partial charge is 0.256 e. The number of thiophene rings is 1. The third-order valence-corrected chi connectivity index (χ3v) is 3.34. The molecule has 0 aliphatic carbocycles. The van der Waals surface area contributed by atoms with E-state index >= 15 is 0 Å². The van der Waals surface area contributed by atoms with Crippen LogP contribution in [0.3, 0.4) is 0 Å². The molecule has 1 aromatic heterocycles. The molecule has 1 heterocycles. The number of carbonyl (C=O) groups excluding carboxylic acids is 1. The molecule has 2 rings (SSSR count). The van der Waals surface area contributed by atoms with Gasteiger partial charge in [0.15, 0.2) is 0 Å². The van der Waals surface area contributed by atoms with Crippen molar-refractivity contribution in [3.05, 3.63) is 41.3 Å². The van der Waals surface area contributed by atoms with Crippen molar-refractivity contribution in [1.29, 1.82) is 0 Å². The van der Waals surface area contributed by atoms with Crippen molar-refractivity contribution in [2.24, 2.45) is 0 Å². The standard InChI is InChI=1S/C13H14N2OS/c1-15(2)13(16)11-10(8-17-12(11)14)9-6-4-3-5-7-9/h3-8H,14H2,1-2H3. The minimum atomic E-state index is -0.0531. The lowest BCUT2D eigenvalue weighted by Crippen LogP contribution is -2.22. The van der Waals surface area contributed by atoms with E-state index in [4.69, 9.17) is 5.73 Å². The summed E-state index contributed by atoms with van der Waals surface area (Å²) in [6.45, 7) is 0. The molecule has 0 radical (unpaired) electrons. The van der Waals surface area contributed by atoms with E-state index in [1.54, 1.807) is 19.0 Å². The number of amides is 1. The number of carbonyl (C=O) groups is 1. The Morgan fingerprint density at radius 3 is 2.47 bits per heavy atom. The first kappa shape index (κ1) is 11.7. The molecule has 17 heavy (non-hydrogen) atoms. The molecule has 88 valence electrons. The van der Waals surface area contributed by atoms with Gasteiger partial charge in [0.2, 0.25) is 0 Å². The van der Waals surface area contributed by atoms with Crippen LogP contribution in [0.2, 0.25) is 0 Å². The maximum Gasteiger partial charge on any atom is 0.256 e. The van der Waals surface area contributed by atoms with Gasteiger partial charge in [-0.15, -0.1) is 11.3 Å². The van der Waals surface area contributed by atoms with E-state index in [-0.39, 0.29) is 5.91 Å². The van der Waals surface area contributed by atoms with Crippen LogP contribution in [0.15, 0.2) is 35.7 Å². The highest BCUT2D eigenvalue weighted by Crippen LogP contribution is 2.33. The van der Waals surface area contributed by atoms with Gasteiger partial charge >= 0.3 is 0 Å². The van der Waals surface area contributed by atoms with E-state index in [1.807, 2.05) is 35.7 Å². The predicted octanol–water partition coefficient (Wildman–Crippen LogP) is 2.70. The number of rotatable bonds is 2. The van der Waals surface area contributed by atoms with Crippen LogP contribution in [0.4, 0.5) is 5.00 Å². The summed E-state index contributed by atoms with van der Waals surface area (Å²) in [6.07, 6.45) is 0. The quantitative estimate of drug-likeness (QED) is 0.885. The Hall–Kier alpha value is -1.81. The topological polar surface area (TPSA) is 46.3 Å². The molecule has 0 saturated carbocycles. The zero-order valence-corrected chi connectivity index (χ0v) is 10.6. The maximum atomic E-state index is 12.1. The van der Waals surface area contributed by atoms with Crippen molar-refractivity contribution >= 4 is 22.2 Å². The first-order chi connectivity index (χ1) is 8.11. The van der Waals surface area contributed by atoms with Crippen molar-refractivity contribution in [1.82, 2.24) is 4.90 Å². The van der Waals surface area contributed by atoms with E-state index in [2.05, 4.69) is 0 Å². The van der Waals surface area contributed by atoms with Crippen LogP contribution in [0.25, 0.3) is 11.1 Å². The maximum absolute atomic E-state index is 12.1. The summed E-state index contributed by atoms with van der Waals surface area (Å²) < 4.78 is 0. The van der Waals surface area contributed by atoms with Gasteiger partial charge in [-0.1, -0.05) is 30.3 Å². The predicted molar refractivity (Wildman–Crippen MR) is 72.2 cm³/mol. The molecule has 0 atom stereocenters. The summed E-state index contributed by atoms with van der Waals surface area (Å²) in [5.74, 6) is -0.0531. The molecule has 4 heteroatoms. The summed E-state index contributed by atoms with van der Waals surface area (Å²) in [4.78, 5) is 13.6. The van der Waals surface area contributed by atoms with Gasteiger partial charge in [0.1, 0.15) is 0 Å². The van der Waals surface area contributed by atoms with Crippen molar-refractivity contribution < 1.29 is 4.79 Å². The van der Waals surface area contributed by atoms with E-state index in [0.29, 0.717) is 10.6 Å². The highest BCUT2D eigenvalue weighted by atomic mass is 32.1. The van der Waals surface area contributed by atoms with Gasteiger partial charge in [0, 0.05) is 25.0 Å². The van der Waals surface area contributed by atoms with Gasteiger partial charge in [0.25, 0.3) is 5.91 Å². The minimum absolute atomic E-state index is 0.0531. The monoisotopic (exact) mass is 246 g/mol. The zero-order valence-electron chi connectivity index (χ0n) is 9.81. The zero-order chi connectivity index (χ0) is 12.4. The van der Waals surface area contributed by atoms with Crippen molar-refractivity contribution in [3.63, 3.8) is 0 Å². The van der Waals surface area contributed by atoms with Gasteiger partial charge in [0.05, 0.1) is 10.6 Å². The first-order valence-corrected chi connectivity index (χ1v) is 6.13. The molecule has 1 aromatic carbocycles. The number of nitrogens with two attached hydrogens (primary N) is 1. The summed E-state index contributed by atoms with van der Waals surface area (Å²) in [7, 11) is 3.46. The number of anilines is 1. The third-order valence-electron chi connectivity index (χ3n) is 2.52. The van der Waals surface area contributed by atoms with Crippen LogP contribution in [0.1, 0.15) is 10.4 Å². The fourth-order valence-corrected chi connectivity index (χ4v) is 2.46. The molecule has 2 aromatic rings. The Labute approximate surface area is 104 Å². The number of hydrogen-bond donors (Lipinski definition) is 1. The first-order valence-electron chi connectivity index (χ1n) is 5.25. The molecular formula is C13H14N2OS. The average molecular weight is 246 g/mol. The number of nitrogen functional groups attached to an aromatic ring is 1. The second-order valence-electron chi connectivity index (χ2n) is 3.95. The van der Waals surface area contributed by atoms with Crippen LogP contribution in [-0.4, -0.2) is 24.9 Å². The van der Waals surface area contributed by atoms with Gasteiger partial charge in [-0.2, -0.15) is 0 Å². The highest BCUT2D eigenvalue weighted by Gasteiger charge is 2.19. The van der Waals surface area contributed by atoms with E-state index in [0.717, 1.165) is 11.1 Å².